The maximum absolute atomic E-state index is 10.8. The van der Waals surface area contributed by atoms with Crippen molar-refractivity contribution in [1.82, 2.24) is 0 Å². The van der Waals surface area contributed by atoms with Crippen LogP contribution in [0.4, 0.5) is 0 Å². The maximum atomic E-state index is 10.8. The number of hydrogen-bond acceptors (Lipinski definition) is 4. The van der Waals surface area contributed by atoms with Crippen LogP contribution in [0.5, 0.6) is 11.5 Å². The highest BCUT2D eigenvalue weighted by Crippen LogP contribution is 2.28. The molecule has 1 aromatic rings. The molecule has 1 amide bonds. The Labute approximate surface area is 90.6 Å². The zero-order valence-corrected chi connectivity index (χ0v) is 8.56. The van der Waals surface area contributed by atoms with Gasteiger partial charge in [0.15, 0.2) is 6.10 Å². The quantitative estimate of drug-likeness (QED) is 0.806. The van der Waals surface area contributed by atoms with Crippen LogP contribution in [0.25, 0.3) is 0 Å². The lowest BCUT2D eigenvalue weighted by Crippen LogP contribution is -2.21. The minimum absolute atomic E-state index is 0.0140. The van der Waals surface area contributed by atoms with Crippen molar-refractivity contribution in [3.8, 4) is 11.5 Å². The maximum Gasteiger partial charge on any atom is 0.326 e. The van der Waals surface area contributed by atoms with E-state index in [1.807, 2.05) is 0 Å². The van der Waals surface area contributed by atoms with Crippen molar-refractivity contribution in [3.63, 3.8) is 0 Å². The number of rotatable bonds is 3. The predicted octanol–water partition coefficient (Wildman–Crippen LogP) is 2.11. The Morgan fingerprint density at radius 3 is 2.80 bits per heavy atom. The van der Waals surface area contributed by atoms with Gasteiger partial charge in [-0.3, -0.25) is 4.79 Å². The van der Waals surface area contributed by atoms with Gasteiger partial charge in [-0.05, 0) is 19.1 Å². The highest BCUT2D eigenvalue weighted by atomic mass is 35.5. The van der Waals surface area contributed by atoms with E-state index in [1.165, 1.54) is 25.1 Å². The number of amides is 1. The molecule has 1 atom stereocenters. The lowest BCUT2D eigenvalue weighted by molar-refractivity contribution is -0.123. The predicted molar refractivity (Wildman–Crippen MR) is 54.0 cm³/mol. The summed E-state index contributed by atoms with van der Waals surface area (Å²) in [5, 5.41) is 11.4. The van der Waals surface area contributed by atoms with Crippen molar-refractivity contribution in [2.24, 2.45) is 5.18 Å². The van der Waals surface area contributed by atoms with Crippen molar-refractivity contribution < 1.29 is 14.6 Å². The second-order valence-electron chi connectivity index (χ2n) is 2.80. The van der Waals surface area contributed by atoms with Crippen LogP contribution in [0, 0.1) is 4.91 Å². The van der Waals surface area contributed by atoms with Crippen LogP contribution in [0.2, 0.25) is 5.02 Å². The number of nitroso groups, excluding NO2 is 1. The molecule has 0 bridgehead atoms. The number of carbonyl (C=O) groups is 1. The average Bonchev–Trinajstić information content (AvgIpc) is 2.20. The number of nitrogens with zero attached hydrogens (tertiary/aromatic N) is 1. The van der Waals surface area contributed by atoms with Crippen molar-refractivity contribution >= 4 is 17.5 Å². The van der Waals surface area contributed by atoms with E-state index in [-0.39, 0.29) is 16.5 Å². The SMILES string of the molecule is CC(Oc1ccc(O)cc1Cl)C(=O)N=O. The number of ether oxygens (including phenoxy) is 1. The van der Waals surface area contributed by atoms with Crippen LogP contribution in [-0.2, 0) is 4.79 Å². The summed E-state index contributed by atoms with van der Waals surface area (Å²) in [7, 11) is 0. The molecule has 0 spiro atoms. The third kappa shape index (κ3) is 2.92. The molecule has 1 rings (SSSR count). The van der Waals surface area contributed by atoms with Crippen LogP contribution < -0.4 is 4.74 Å². The normalized spacial score (nSPS) is 11.9. The smallest absolute Gasteiger partial charge is 0.326 e. The molecule has 0 aromatic heterocycles. The molecule has 1 N–H and O–H groups in total. The minimum atomic E-state index is -0.996. The number of phenolic OH excluding ortho intramolecular Hbond substituents is 1. The van der Waals surface area contributed by atoms with Gasteiger partial charge in [-0.25, -0.2) is 0 Å². The van der Waals surface area contributed by atoms with Crippen LogP contribution >= 0.6 is 11.6 Å². The fraction of sp³-hybridized carbons (Fsp3) is 0.222. The standard InChI is InChI=1S/C9H8ClNO4/c1-5(9(13)11-14)15-8-3-2-6(12)4-7(8)10/h2-5,12H,1H3. The second kappa shape index (κ2) is 4.75. The Bertz CT molecular complexity index is 394. The molecule has 0 aliphatic carbocycles. The lowest BCUT2D eigenvalue weighted by Gasteiger charge is -2.11. The first kappa shape index (κ1) is 11.5. The summed E-state index contributed by atoms with van der Waals surface area (Å²) in [5.74, 6) is -0.724. The van der Waals surface area contributed by atoms with E-state index in [0.29, 0.717) is 0 Å². The number of aromatic hydroxyl groups is 1. The van der Waals surface area contributed by atoms with Crippen molar-refractivity contribution in [2.45, 2.75) is 13.0 Å². The summed E-state index contributed by atoms with van der Waals surface area (Å²) in [4.78, 5) is 20.7. The molecular weight excluding hydrogens is 222 g/mol. The van der Waals surface area contributed by atoms with Crippen molar-refractivity contribution in [1.29, 1.82) is 0 Å². The van der Waals surface area contributed by atoms with Crippen molar-refractivity contribution in [3.05, 3.63) is 28.1 Å². The van der Waals surface area contributed by atoms with E-state index in [2.05, 4.69) is 5.18 Å². The highest BCUT2D eigenvalue weighted by molar-refractivity contribution is 6.32. The number of benzene rings is 1. The Balaban J connectivity index is 2.81. The monoisotopic (exact) mass is 229 g/mol. The van der Waals surface area contributed by atoms with Crippen molar-refractivity contribution in [2.75, 3.05) is 0 Å². The lowest BCUT2D eigenvalue weighted by atomic mass is 10.3. The molecule has 0 heterocycles. The molecule has 0 aliphatic heterocycles. The van der Waals surface area contributed by atoms with Gasteiger partial charge in [0.2, 0.25) is 0 Å². The van der Waals surface area contributed by atoms with Crippen LogP contribution in [0.3, 0.4) is 0 Å². The Kier molecular flexibility index (Phi) is 3.62. The van der Waals surface area contributed by atoms with Crippen LogP contribution in [0.1, 0.15) is 6.92 Å². The van der Waals surface area contributed by atoms with Gasteiger partial charge in [0.1, 0.15) is 11.5 Å². The van der Waals surface area contributed by atoms with E-state index >= 15 is 0 Å². The molecule has 15 heavy (non-hydrogen) atoms. The molecule has 1 unspecified atom stereocenters. The largest absolute Gasteiger partial charge is 0.508 e. The molecule has 6 heteroatoms. The minimum Gasteiger partial charge on any atom is -0.508 e. The highest BCUT2D eigenvalue weighted by Gasteiger charge is 2.16. The third-order valence-electron chi connectivity index (χ3n) is 1.66. The van der Waals surface area contributed by atoms with Crippen LogP contribution in [0.15, 0.2) is 23.4 Å². The first-order chi connectivity index (χ1) is 7.04. The molecule has 0 saturated heterocycles. The summed E-state index contributed by atoms with van der Waals surface area (Å²) in [6, 6.07) is 4.02. The number of carbonyl (C=O) groups excluding carboxylic acids is 1. The molecule has 0 fully saturated rings. The number of hydrogen-bond donors (Lipinski definition) is 1. The molecule has 0 aliphatic rings. The van der Waals surface area contributed by atoms with Gasteiger partial charge >= 0.3 is 5.91 Å². The Morgan fingerprint density at radius 2 is 2.27 bits per heavy atom. The third-order valence-corrected chi connectivity index (χ3v) is 1.95. The van der Waals surface area contributed by atoms with Gasteiger partial charge in [0.05, 0.1) is 5.02 Å². The molecule has 5 nitrogen and oxygen atoms in total. The molecule has 0 radical (unpaired) electrons. The van der Waals surface area contributed by atoms with Gasteiger partial charge in [-0.1, -0.05) is 11.6 Å². The molecular formula is C9H8ClNO4. The zero-order valence-electron chi connectivity index (χ0n) is 7.81. The second-order valence-corrected chi connectivity index (χ2v) is 3.21. The molecule has 0 saturated carbocycles. The topological polar surface area (TPSA) is 76.0 Å². The summed E-state index contributed by atoms with van der Waals surface area (Å²) < 4.78 is 5.07. The Hall–Kier alpha value is -1.62. The summed E-state index contributed by atoms with van der Waals surface area (Å²) in [5.41, 5.74) is 0. The number of phenols is 1. The van der Waals surface area contributed by atoms with E-state index in [1.54, 1.807) is 0 Å². The first-order valence-electron chi connectivity index (χ1n) is 4.07. The van der Waals surface area contributed by atoms with E-state index in [0.717, 1.165) is 0 Å². The fourth-order valence-corrected chi connectivity index (χ4v) is 1.12. The summed E-state index contributed by atoms with van der Waals surface area (Å²) in [6.45, 7) is 1.38. The van der Waals surface area contributed by atoms with E-state index in [9.17, 15) is 9.70 Å². The zero-order chi connectivity index (χ0) is 11.4. The average molecular weight is 230 g/mol. The van der Waals surface area contributed by atoms with Gasteiger partial charge in [-0.2, -0.15) is 0 Å². The summed E-state index contributed by atoms with van der Waals surface area (Å²) in [6.07, 6.45) is -0.996. The first-order valence-corrected chi connectivity index (χ1v) is 4.44. The van der Waals surface area contributed by atoms with Gasteiger partial charge in [0.25, 0.3) is 0 Å². The summed E-state index contributed by atoms with van der Waals surface area (Å²) >= 11 is 5.72. The van der Waals surface area contributed by atoms with E-state index < -0.39 is 12.0 Å². The Morgan fingerprint density at radius 1 is 1.60 bits per heavy atom. The molecule has 80 valence electrons. The number of halogens is 1. The van der Waals surface area contributed by atoms with Gasteiger partial charge < -0.3 is 9.84 Å². The van der Waals surface area contributed by atoms with Crippen LogP contribution in [-0.4, -0.2) is 17.1 Å². The van der Waals surface area contributed by atoms with Gasteiger partial charge in [-0.15, -0.1) is 4.91 Å². The fourth-order valence-electron chi connectivity index (χ4n) is 0.900. The van der Waals surface area contributed by atoms with E-state index in [4.69, 9.17) is 21.4 Å². The molecule has 1 aromatic carbocycles. The van der Waals surface area contributed by atoms with Gasteiger partial charge in [0, 0.05) is 11.2 Å².